The minimum absolute atomic E-state index is 0.0268. The highest BCUT2D eigenvalue weighted by Gasteiger charge is 2.14. The lowest BCUT2D eigenvalue weighted by Crippen LogP contribution is -2.28. The molecule has 0 fully saturated rings. The Morgan fingerprint density at radius 2 is 2.21 bits per heavy atom. The van der Waals surface area contributed by atoms with Crippen molar-refractivity contribution in [2.45, 2.75) is 13.0 Å². The van der Waals surface area contributed by atoms with Crippen LogP contribution in [0.3, 0.4) is 0 Å². The first kappa shape index (κ1) is 16.3. The zero-order valence-electron chi connectivity index (χ0n) is 13.7. The Kier molecular flexibility index (Phi) is 5.28. The quantitative estimate of drug-likeness (QED) is 0.880. The van der Waals surface area contributed by atoms with Gasteiger partial charge in [0.1, 0.15) is 11.4 Å². The van der Waals surface area contributed by atoms with Crippen LogP contribution >= 0.6 is 0 Å². The van der Waals surface area contributed by atoms with Crippen molar-refractivity contribution in [3.63, 3.8) is 0 Å². The molecular weight excluding hydrogens is 306 g/mol. The third-order valence-corrected chi connectivity index (χ3v) is 3.80. The normalized spacial score (nSPS) is 15.0. The van der Waals surface area contributed by atoms with Crippen molar-refractivity contribution in [1.29, 1.82) is 0 Å². The number of carbonyl (C=O) groups is 1. The van der Waals surface area contributed by atoms with E-state index < -0.39 is 0 Å². The third kappa shape index (κ3) is 4.45. The van der Waals surface area contributed by atoms with Crippen LogP contribution in [0, 0.1) is 0 Å². The van der Waals surface area contributed by atoms with E-state index in [0.717, 1.165) is 30.8 Å². The van der Waals surface area contributed by atoms with E-state index in [-0.39, 0.29) is 12.5 Å². The fourth-order valence-electron chi connectivity index (χ4n) is 2.53. The number of ether oxygens (including phenoxy) is 1. The summed E-state index contributed by atoms with van der Waals surface area (Å²) in [6.07, 6.45) is 3.20. The number of likely N-dealkylation sites (N-methyl/N-ethyl adjacent to an activating group) is 1. The average Bonchev–Trinajstić information content (AvgIpc) is 3.08. The molecule has 1 aromatic heterocycles. The second kappa shape index (κ2) is 7.79. The van der Waals surface area contributed by atoms with E-state index >= 15 is 0 Å². The maximum absolute atomic E-state index is 11.8. The third-order valence-electron chi connectivity index (χ3n) is 3.80. The number of rotatable bonds is 6. The van der Waals surface area contributed by atoms with Gasteiger partial charge in [-0.25, -0.2) is 0 Å². The van der Waals surface area contributed by atoms with E-state index in [1.807, 2.05) is 36.4 Å². The van der Waals surface area contributed by atoms with Gasteiger partial charge in [-0.05, 0) is 31.2 Å². The average molecular weight is 327 g/mol. The number of hydrogen-bond donors (Lipinski definition) is 1. The molecule has 126 valence electrons. The fraction of sp³-hybridized carbons (Fsp3) is 0.333. The standard InChI is InChI=1S/C18H21N3O3/c1-21-9-5-6-14(12-21)17-10-16(24-20-17)11-19-18(22)13-23-15-7-3-2-4-8-15/h2-4,6-8,10H,5,9,11-13H2,1H3,(H,19,22). The Morgan fingerprint density at radius 1 is 1.38 bits per heavy atom. The van der Waals surface area contributed by atoms with Crippen LogP contribution in [-0.4, -0.2) is 42.7 Å². The summed E-state index contributed by atoms with van der Waals surface area (Å²) in [4.78, 5) is 14.1. The highest BCUT2D eigenvalue weighted by molar-refractivity contribution is 5.77. The zero-order chi connectivity index (χ0) is 16.8. The molecule has 0 unspecified atom stereocenters. The second-order valence-electron chi connectivity index (χ2n) is 5.81. The van der Waals surface area contributed by atoms with Gasteiger partial charge in [0.15, 0.2) is 12.4 Å². The fourth-order valence-corrected chi connectivity index (χ4v) is 2.53. The molecule has 6 heteroatoms. The lowest BCUT2D eigenvalue weighted by atomic mass is 10.1. The number of hydrogen-bond acceptors (Lipinski definition) is 5. The predicted octanol–water partition coefficient (Wildman–Crippen LogP) is 2.09. The Balaban J connectivity index is 1.47. The molecular formula is C18H21N3O3. The molecule has 2 heterocycles. The molecule has 1 aromatic carbocycles. The Labute approximate surface area is 141 Å². The minimum atomic E-state index is -0.201. The first-order valence-electron chi connectivity index (χ1n) is 7.99. The van der Waals surface area contributed by atoms with E-state index in [1.165, 1.54) is 0 Å². The van der Waals surface area contributed by atoms with Gasteiger partial charge < -0.3 is 19.5 Å². The van der Waals surface area contributed by atoms with Gasteiger partial charge >= 0.3 is 0 Å². The molecule has 0 aliphatic carbocycles. The molecule has 1 amide bonds. The number of para-hydroxylation sites is 1. The van der Waals surface area contributed by atoms with Gasteiger partial charge in [0.25, 0.3) is 5.91 Å². The first-order valence-corrected chi connectivity index (χ1v) is 7.99. The van der Waals surface area contributed by atoms with Gasteiger partial charge in [0, 0.05) is 19.2 Å². The van der Waals surface area contributed by atoms with E-state index in [0.29, 0.717) is 18.1 Å². The largest absolute Gasteiger partial charge is 0.484 e. The van der Waals surface area contributed by atoms with Crippen LogP contribution in [0.15, 0.2) is 47.0 Å². The van der Waals surface area contributed by atoms with Gasteiger partial charge in [-0.15, -0.1) is 0 Å². The van der Waals surface area contributed by atoms with E-state index in [2.05, 4.69) is 28.5 Å². The molecule has 0 saturated heterocycles. The van der Waals surface area contributed by atoms with Crippen molar-refractivity contribution >= 4 is 11.5 Å². The Hall–Kier alpha value is -2.60. The molecule has 1 N–H and O–H groups in total. The van der Waals surface area contributed by atoms with Gasteiger partial charge in [-0.1, -0.05) is 29.4 Å². The molecule has 0 bridgehead atoms. The van der Waals surface area contributed by atoms with Crippen LogP contribution in [0.2, 0.25) is 0 Å². The summed E-state index contributed by atoms with van der Waals surface area (Å²) >= 11 is 0. The van der Waals surface area contributed by atoms with Crippen molar-refractivity contribution in [1.82, 2.24) is 15.4 Å². The predicted molar refractivity (Wildman–Crippen MR) is 90.4 cm³/mol. The number of carbonyl (C=O) groups excluding carboxylic acids is 1. The van der Waals surface area contributed by atoms with Gasteiger partial charge in [-0.2, -0.15) is 0 Å². The van der Waals surface area contributed by atoms with E-state index in [4.69, 9.17) is 9.26 Å². The molecule has 0 radical (unpaired) electrons. The lowest BCUT2D eigenvalue weighted by molar-refractivity contribution is -0.123. The first-order chi connectivity index (χ1) is 11.7. The molecule has 2 aromatic rings. The molecule has 24 heavy (non-hydrogen) atoms. The smallest absolute Gasteiger partial charge is 0.258 e. The van der Waals surface area contributed by atoms with Gasteiger partial charge in [0.2, 0.25) is 0 Å². The molecule has 3 rings (SSSR count). The van der Waals surface area contributed by atoms with Crippen LogP contribution in [0.25, 0.3) is 5.57 Å². The van der Waals surface area contributed by atoms with E-state index in [1.54, 1.807) is 0 Å². The van der Waals surface area contributed by atoms with Crippen molar-refractivity contribution in [2.24, 2.45) is 0 Å². The van der Waals surface area contributed by atoms with Gasteiger partial charge in [-0.3, -0.25) is 4.79 Å². The highest BCUT2D eigenvalue weighted by Crippen LogP contribution is 2.19. The second-order valence-corrected chi connectivity index (χ2v) is 5.81. The number of nitrogens with zero attached hydrogens (tertiary/aromatic N) is 2. The number of nitrogens with one attached hydrogen (secondary N) is 1. The van der Waals surface area contributed by atoms with Crippen molar-refractivity contribution in [2.75, 3.05) is 26.7 Å². The summed E-state index contributed by atoms with van der Waals surface area (Å²) in [5.74, 6) is 1.10. The van der Waals surface area contributed by atoms with Crippen molar-refractivity contribution in [3.8, 4) is 5.75 Å². The zero-order valence-corrected chi connectivity index (χ0v) is 13.7. The van der Waals surface area contributed by atoms with Crippen molar-refractivity contribution in [3.05, 3.63) is 53.9 Å². The maximum Gasteiger partial charge on any atom is 0.258 e. The SMILES string of the molecule is CN1CCC=C(c2cc(CNC(=O)COc3ccccc3)on2)C1. The van der Waals surface area contributed by atoms with Crippen LogP contribution < -0.4 is 10.1 Å². The van der Waals surface area contributed by atoms with Crippen LogP contribution in [0.5, 0.6) is 5.75 Å². The molecule has 1 aliphatic heterocycles. The molecule has 0 atom stereocenters. The molecule has 0 saturated carbocycles. The van der Waals surface area contributed by atoms with Crippen LogP contribution in [-0.2, 0) is 11.3 Å². The lowest BCUT2D eigenvalue weighted by Gasteiger charge is -2.21. The van der Waals surface area contributed by atoms with Gasteiger partial charge in [0.05, 0.1) is 6.54 Å². The summed E-state index contributed by atoms with van der Waals surface area (Å²) in [6, 6.07) is 11.1. The molecule has 1 aliphatic rings. The van der Waals surface area contributed by atoms with Crippen LogP contribution in [0.4, 0.5) is 0 Å². The van der Waals surface area contributed by atoms with E-state index in [9.17, 15) is 4.79 Å². The molecule has 6 nitrogen and oxygen atoms in total. The number of benzene rings is 1. The number of amides is 1. The van der Waals surface area contributed by atoms with Crippen LogP contribution in [0.1, 0.15) is 17.9 Å². The Bertz CT molecular complexity index is 709. The molecule has 0 spiro atoms. The summed E-state index contributed by atoms with van der Waals surface area (Å²) in [5.41, 5.74) is 2.00. The Morgan fingerprint density at radius 3 is 3.00 bits per heavy atom. The topological polar surface area (TPSA) is 67.6 Å². The van der Waals surface area contributed by atoms with Crippen molar-refractivity contribution < 1.29 is 14.1 Å². The summed E-state index contributed by atoms with van der Waals surface area (Å²) in [7, 11) is 2.08. The highest BCUT2D eigenvalue weighted by atomic mass is 16.5. The summed E-state index contributed by atoms with van der Waals surface area (Å²) in [5, 5.41) is 6.86. The summed E-state index contributed by atoms with van der Waals surface area (Å²) < 4.78 is 10.7. The number of aromatic nitrogens is 1. The minimum Gasteiger partial charge on any atom is -0.484 e. The maximum atomic E-state index is 11.8. The summed E-state index contributed by atoms with van der Waals surface area (Å²) in [6.45, 7) is 2.20. The monoisotopic (exact) mass is 327 g/mol.